The number of hydrogen-bond acceptors (Lipinski definition) is 3. The molecule has 0 aromatic carbocycles. The van der Waals surface area contributed by atoms with Gasteiger partial charge in [-0.3, -0.25) is 0 Å². The summed E-state index contributed by atoms with van der Waals surface area (Å²) in [7, 11) is 0. The summed E-state index contributed by atoms with van der Waals surface area (Å²) in [4.78, 5) is 21.9. The number of carboxylic acids is 1. The van der Waals surface area contributed by atoms with E-state index in [1.807, 2.05) is 0 Å². The van der Waals surface area contributed by atoms with E-state index in [-0.39, 0.29) is 6.42 Å². The second kappa shape index (κ2) is 5.58. The molecule has 87 valence electrons. The van der Waals surface area contributed by atoms with Gasteiger partial charge in [-0.25, -0.2) is 9.59 Å². The van der Waals surface area contributed by atoms with Crippen LogP contribution >= 0.6 is 0 Å². The Balaban J connectivity index is 4.18. The van der Waals surface area contributed by atoms with E-state index in [2.05, 4.69) is 12.2 Å². The smallest absolute Gasteiger partial charge is 0.408 e. The van der Waals surface area contributed by atoms with E-state index in [0.29, 0.717) is 6.42 Å². The molecule has 0 aromatic heterocycles. The van der Waals surface area contributed by atoms with E-state index in [1.54, 1.807) is 20.8 Å². The number of rotatable bonds is 4. The fraction of sp³-hybridized carbons (Fsp3) is 0.700. The van der Waals surface area contributed by atoms with Crippen molar-refractivity contribution in [1.29, 1.82) is 0 Å². The lowest BCUT2D eigenvalue weighted by molar-refractivity contribution is -0.139. The Morgan fingerprint density at radius 1 is 1.47 bits per heavy atom. The predicted molar refractivity (Wildman–Crippen MR) is 55.4 cm³/mol. The summed E-state index contributed by atoms with van der Waals surface area (Å²) in [6.07, 6.45) is 0.00443. The van der Waals surface area contributed by atoms with E-state index in [0.717, 1.165) is 0 Å². The second-order valence-electron chi connectivity index (χ2n) is 4.18. The summed E-state index contributed by atoms with van der Waals surface area (Å²) in [5.41, 5.74) is -0.627. The molecular weight excluding hydrogens is 198 g/mol. The van der Waals surface area contributed by atoms with Crippen molar-refractivity contribution in [1.82, 2.24) is 5.32 Å². The van der Waals surface area contributed by atoms with Crippen LogP contribution in [0.5, 0.6) is 0 Å². The number of carbonyl (C=O) groups is 2. The van der Waals surface area contributed by atoms with Gasteiger partial charge in [0, 0.05) is 0 Å². The second-order valence-corrected chi connectivity index (χ2v) is 4.18. The number of ether oxygens (including phenoxy) is 1. The van der Waals surface area contributed by atoms with E-state index >= 15 is 0 Å². The number of nitrogens with one attached hydrogen (secondary N) is 1. The normalized spacial score (nSPS) is 13.1. The highest BCUT2D eigenvalue weighted by Crippen LogP contribution is 2.07. The number of hydrogen-bond donors (Lipinski definition) is 2. The van der Waals surface area contributed by atoms with Crippen LogP contribution < -0.4 is 5.32 Å². The van der Waals surface area contributed by atoms with Gasteiger partial charge in [0.25, 0.3) is 0 Å². The number of amides is 1. The summed E-state index contributed by atoms with van der Waals surface area (Å²) in [5.74, 6) is -1.08. The van der Waals surface area contributed by atoms with Gasteiger partial charge < -0.3 is 15.2 Å². The molecule has 1 atom stereocenters. The molecule has 1 radical (unpaired) electrons. The van der Waals surface area contributed by atoms with Crippen LogP contribution in [0.15, 0.2) is 0 Å². The van der Waals surface area contributed by atoms with Crippen molar-refractivity contribution in [3.05, 3.63) is 6.92 Å². The van der Waals surface area contributed by atoms with E-state index in [9.17, 15) is 9.59 Å². The SMILES string of the molecule is [CH2]CCC(NC(=O)OC(C)(C)C)C(=O)O. The summed E-state index contributed by atoms with van der Waals surface area (Å²) >= 11 is 0. The molecule has 5 heteroatoms. The fourth-order valence-electron chi connectivity index (χ4n) is 0.911. The van der Waals surface area contributed by atoms with Crippen molar-refractivity contribution in [2.75, 3.05) is 0 Å². The van der Waals surface area contributed by atoms with Crippen molar-refractivity contribution in [3.63, 3.8) is 0 Å². The molecule has 0 heterocycles. The summed E-state index contributed by atoms with van der Waals surface area (Å²) in [6.45, 7) is 8.67. The van der Waals surface area contributed by atoms with Crippen LogP contribution in [0.2, 0.25) is 0 Å². The highest BCUT2D eigenvalue weighted by atomic mass is 16.6. The zero-order valence-corrected chi connectivity index (χ0v) is 9.37. The number of alkyl carbamates (subject to hydrolysis) is 1. The maximum atomic E-state index is 11.2. The molecule has 0 spiro atoms. The average molecular weight is 216 g/mol. The largest absolute Gasteiger partial charge is 0.480 e. The molecule has 0 aliphatic heterocycles. The van der Waals surface area contributed by atoms with Crippen LogP contribution in [0.3, 0.4) is 0 Å². The van der Waals surface area contributed by atoms with E-state index < -0.39 is 23.7 Å². The third-order valence-corrected chi connectivity index (χ3v) is 1.48. The molecule has 2 N–H and O–H groups in total. The Morgan fingerprint density at radius 3 is 2.33 bits per heavy atom. The molecule has 0 saturated carbocycles. The molecule has 15 heavy (non-hydrogen) atoms. The van der Waals surface area contributed by atoms with E-state index in [4.69, 9.17) is 9.84 Å². The van der Waals surface area contributed by atoms with Crippen LogP contribution in [0.25, 0.3) is 0 Å². The van der Waals surface area contributed by atoms with Gasteiger partial charge in [-0.2, -0.15) is 0 Å². The zero-order chi connectivity index (χ0) is 12.1. The topological polar surface area (TPSA) is 75.6 Å². The first kappa shape index (κ1) is 13.7. The Kier molecular flexibility index (Phi) is 5.11. The fourth-order valence-corrected chi connectivity index (χ4v) is 0.911. The molecule has 0 aliphatic rings. The molecule has 0 aliphatic carbocycles. The molecule has 0 aromatic rings. The van der Waals surface area contributed by atoms with Crippen molar-refractivity contribution < 1.29 is 19.4 Å². The minimum atomic E-state index is -1.08. The molecule has 0 rings (SSSR count). The lowest BCUT2D eigenvalue weighted by Crippen LogP contribution is -2.43. The molecule has 1 amide bonds. The van der Waals surface area contributed by atoms with Crippen molar-refractivity contribution >= 4 is 12.1 Å². The van der Waals surface area contributed by atoms with Gasteiger partial charge in [0.15, 0.2) is 0 Å². The van der Waals surface area contributed by atoms with Gasteiger partial charge in [-0.1, -0.05) is 13.3 Å². The third kappa shape index (κ3) is 6.76. The first-order valence-electron chi connectivity index (χ1n) is 4.78. The Hall–Kier alpha value is -1.26. The Bertz CT molecular complexity index is 232. The van der Waals surface area contributed by atoms with Crippen molar-refractivity contribution in [2.24, 2.45) is 0 Å². The molecule has 0 bridgehead atoms. The lowest BCUT2D eigenvalue weighted by atomic mass is 10.2. The first-order chi connectivity index (χ1) is 6.76. The predicted octanol–water partition coefficient (Wildman–Crippen LogP) is 1.58. The van der Waals surface area contributed by atoms with Crippen LogP contribution in [-0.2, 0) is 9.53 Å². The van der Waals surface area contributed by atoms with Gasteiger partial charge in [0.05, 0.1) is 0 Å². The minimum Gasteiger partial charge on any atom is -0.480 e. The standard InChI is InChI=1S/C10H18NO4/c1-5-6-7(8(12)13)11-9(14)15-10(2,3)4/h7H,1,5-6H2,2-4H3,(H,11,14)(H,12,13). The van der Waals surface area contributed by atoms with Crippen LogP contribution in [0.1, 0.15) is 33.6 Å². The summed E-state index contributed by atoms with van der Waals surface area (Å²) in [6, 6.07) is -0.933. The highest BCUT2D eigenvalue weighted by molar-refractivity contribution is 5.79. The molecule has 0 fully saturated rings. The van der Waals surface area contributed by atoms with Crippen LogP contribution in [-0.4, -0.2) is 28.8 Å². The van der Waals surface area contributed by atoms with Gasteiger partial charge in [0.1, 0.15) is 11.6 Å². The molecular formula is C10H18NO4. The monoisotopic (exact) mass is 216 g/mol. The van der Waals surface area contributed by atoms with Gasteiger partial charge in [0.2, 0.25) is 0 Å². The molecule has 5 nitrogen and oxygen atoms in total. The minimum absolute atomic E-state index is 0.286. The lowest BCUT2D eigenvalue weighted by Gasteiger charge is -2.21. The summed E-state index contributed by atoms with van der Waals surface area (Å²) in [5, 5.41) is 11.0. The number of aliphatic carboxylic acids is 1. The molecule has 0 saturated heterocycles. The molecule has 1 unspecified atom stereocenters. The van der Waals surface area contributed by atoms with Crippen LogP contribution in [0, 0.1) is 6.92 Å². The Labute approximate surface area is 89.8 Å². The van der Waals surface area contributed by atoms with Gasteiger partial charge in [-0.05, 0) is 27.2 Å². The van der Waals surface area contributed by atoms with Gasteiger partial charge >= 0.3 is 12.1 Å². The van der Waals surface area contributed by atoms with Crippen molar-refractivity contribution in [2.45, 2.75) is 45.3 Å². The maximum Gasteiger partial charge on any atom is 0.408 e. The van der Waals surface area contributed by atoms with E-state index in [1.165, 1.54) is 0 Å². The zero-order valence-electron chi connectivity index (χ0n) is 9.37. The quantitative estimate of drug-likeness (QED) is 0.748. The maximum absolute atomic E-state index is 11.2. The number of carbonyl (C=O) groups excluding carboxylic acids is 1. The summed E-state index contributed by atoms with van der Waals surface area (Å²) < 4.78 is 4.93. The van der Waals surface area contributed by atoms with Crippen molar-refractivity contribution in [3.8, 4) is 0 Å². The first-order valence-corrected chi connectivity index (χ1v) is 4.78. The van der Waals surface area contributed by atoms with Crippen LogP contribution in [0.4, 0.5) is 4.79 Å². The van der Waals surface area contributed by atoms with Gasteiger partial charge in [-0.15, -0.1) is 0 Å². The average Bonchev–Trinajstić information content (AvgIpc) is 1.99. The third-order valence-electron chi connectivity index (χ3n) is 1.48. The highest BCUT2D eigenvalue weighted by Gasteiger charge is 2.22. The number of carboxylic acid groups (broad SMARTS) is 1. The Morgan fingerprint density at radius 2 is 2.00 bits per heavy atom.